The van der Waals surface area contributed by atoms with Gasteiger partial charge in [-0.3, -0.25) is 0 Å². The molecule has 172 valence electrons. The van der Waals surface area contributed by atoms with Crippen LogP contribution in [0.3, 0.4) is 0 Å². The van der Waals surface area contributed by atoms with E-state index in [1.165, 1.54) is 6.42 Å². The molecule has 0 radical (unpaired) electrons. The van der Waals surface area contributed by atoms with Crippen LogP contribution in [-0.2, 0) is 13.9 Å². The van der Waals surface area contributed by atoms with Gasteiger partial charge in [-0.15, -0.1) is 11.6 Å². The van der Waals surface area contributed by atoms with Crippen molar-refractivity contribution < 1.29 is 13.9 Å². The van der Waals surface area contributed by atoms with Crippen molar-refractivity contribution in [3.63, 3.8) is 0 Å². The van der Waals surface area contributed by atoms with Gasteiger partial charge in [-0.2, -0.15) is 5.26 Å². The zero-order valence-electron chi connectivity index (χ0n) is 19.6. The molecular formula is C25H38ClNO3Si. The second-order valence-corrected chi connectivity index (χ2v) is 16.8. The third-order valence-corrected chi connectivity index (χ3v) is 13.5. The molecule has 1 saturated heterocycles. The predicted octanol–water partition coefficient (Wildman–Crippen LogP) is 5.95. The lowest BCUT2D eigenvalue weighted by Crippen LogP contribution is -2.58. The van der Waals surface area contributed by atoms with Crippen molar-refractivity contribution in [2.45, 2.75) is 89.7 Å². The highest BCUT2D eigenvalue weighted by Crippen LogP contribution is 2.68. The summed E-state index contributed by atoms with van der Waals surface area (Å²) >= 11 is 6.27. The molecule has 0 bridgehead atoms. The first kappa shape index (κ1) is 22.4. The van der Waals surface area contributed by atoms with E-state index in [1.54, 1.807) is 5.57 Å². The maximum Gasteiger partial charge on any atom is 0.203 e. The van der Waals surface area contributed by atoms with Gasteiger partial charge in [0.05, 0.1) is 19.3 Å². The molecule has 0 amide bonds. The first-order valence-corrected chi connectivity index (χ1v) is 15.9. The minimum Gasteiger partial charge on any atom is -0.398 e. The number of nitrogens with zero attached hydrogens (tertiary/aromatic N) is 1. The molecule has 5 aliphatic rings. The van der Waals surface area contributed by atoms with Crippen LogP contribution >= 0.6 is 11.6 Å². The van der Waals surface area contributed by atoms with Crippen molar-refractivity contribution in [3.05, 3.63) is 11.6 Å². The Morgan fingerprint density at radius 2 is 1.84 bits per heavy atom. The largest absolute Gasteiger partial charge is 0.398 e. The Morgan fingerprint density at radius 1 is 1.13 bits per heavy atom. The average Bonchev–Trinajstić information content (AvgIpc) is 3.31. The van der Waals surface area contributed by atoms with Crippen molar-refractivity contribution in [2.24, 2.45) is 28.6 Å². The number of rotatable bonds is 3. The standard InChI is InChI=1S/C25H38ClNO3Si/c1-22-11-12-25(28-13-14-29-25)15-18(22)5-6-19-20(22)7-9-23(2)21(19)8-10-24(23,16-27)30-31(3,4)17-26/h5,19-21H,6-15,17H2,1-4H3/t19-,20+,21+,22+,23+,24+/m1/s1. The zero-order chi connectivity index (χ0) is 22.1. The van der Waals surface area contributed by atoms with Crippen molar-refractivity contribution in [3.8, 4) is 6.07 Å². The molecule has 0 aromatic rings. The number of hydrogen-bond acceptors (Lipinski definition) is 4. The smallest absolute Gasteiger partial charge is 0.203 e. The number of fused-ring (bicyclic) bond motifs is 5. The minimum absolute atomic E-state index is 0.0749. The number of alkyl halides is 1. The molecule has 1 spiro atoms. The van der Waals surface area contributed by atoms with Gasteiger partial charge in [0.15, 0.2) is 5.79 Å². The number of ether oxygens (including phenoxy) is 2. The van der Waals surface area contributed by atoms with E-state index in [0.717, 1.165) is 58.2 Å². The number of hydrogen-bond donors (Lipinski definition) is 0. The Bertz CT molecular complexity index is 818. The van der Waals surface area contributed by atoms with Gasteiger partial charge in [0, 0.05) is 23.8 Å². The molecule has 4 nitrogen and oxygen atoms in total. The van der Waals surface area contributed by atoms with Gasteiger partial charge >= 0.3 is 0 Å². The fraction of sp³-hybridized carbons (Fsp3) is 0.880. The third kappa shape index (κ3) is 3.15. The molecule has 3 saturated carbocycles. The second-order valence-electron chi connectivity index (χ2n) is 12.0. The van der Waals surface area contributed by atoms with Gasteiger partial charge in [-0.05, 0) is 74.8 Å². The Morgan fingerprint density at radius 3 is 2.52 bits per heavy atom. The summed E-state index contributed by atoms with van der Waals surface area (Å²) in [6.07, 6.45) is 11.0. The minimum atomic E-state index is -2.06. The average molecular weight is 464 g/mol. The van der Waals surface area contributed by atoms with Gasteiger partial charge in [0.25, 0.3) is 0 Å². The molecule has 4 fully saturated rings. The lowest BCUT2D eigenvalue weighted by atomic mass is 9.47. The van der Waals surface area contributed by atoms with Gasteiger partial charge in [-0.25, -0.2) is 0 Å². The summed E-state index contributed by atoms with van der Waals surface area (Å²) in [5.41, 5.74) is 1.61. The molecule has 6 atom stereocenters. The Hall–Kier alpha value is -0.383. The topological polar surface area (TPSA) is 51.5 Å². The maximum absolute atomic E-state index is 10.4. The van der Waals surface area contributed by atoms with Crippen LogP contribution in [0.25, 0.3) is 0 Å². The molecule has 5 rings (SSSR count). The molecular weight excluding hydrogens is 426 g/mol. The van der Waals surface area contributed by atoms with E-state index in [1.807, 2.05) is 0 Å². The monoisotopic (exact) mass is 463 g/mol. The van der Waals surface area contributed by atoms with E-state index in [0.29, 0.717) is 23.3 Å². The maximum atomic E-state index is 10.4. The van der Waals surface area contributed by atoms with E-state index in [9.17, 15) is 5.26 Å². The first-order chi connectivity index (χ1) is 14.6. The molecule has 6 heteroatoms. The number of allylic oxidation sites excluding steroid dienone is 1. The molecule has 0 aromatic heterocycles. The predicted molar refractivity (Wildman–Crippen MR) is 124 cm³/mol. The molecule has 1 heterocycles. The number of halogens is 1. The van der Waals surface area contributed by atoms with Gasteiger partial charge in [-0.1, -0.05) is 25.5 Å². The van der Waals surface area contributed by atoms with Crippen LogP contribution in [0.1, 0.15) is 65.2 Å². The van der Waals surface area contributed by atoms with Crippen LogP contribution in [0.2, 0.25) is 13.1 Å². The van der Waals surface area contributed by atoms with E-state index < -0.39 is 13.9 Å². The van der Waals surface area contributed by atoms with Gasteiger partial charge in [0.1, 0.15) is 5.60 Å². The highest BCUT2D eigenvalue weighted by Gasteiger charge is 2.66. The molecule has 1 aliphatic heterocycles. The summed E-state index contributed by atoms with van der Waals surface area (Å²) in [5, 5.41) is 10.4. The van der Waals surface area contributed by atoms with E-state index >= 15 is 0 Å². The van der Waals surface area contributed by atoms with Gasteiger partial charge < -0.3 is 13.9 Å². The summed E-state index contributed by atoms with van der Waals surface area (Å²) in [7, 11) is -2.06. The van der Waals surface area contributed by atoms with Gasteiger partial charge in [0.2, 0.25) is 8.32 Å². The second kappa shape index (κ2) is 7.31. The fourth-order valence-electron chi connectivity index (χ4n) is 8.22. The normalized spacial score (nSPS) is 46.1. The van der Waals surface area contributed by atoms with E-state index in [2.05, 4.69) is 39.1 Å². The molecule has 4 aliphatic carbocycles. The molecule has 31 heavy (non-hydrogen) atoms. The van der Waals surface area contributed by atoms with E-state index in [-0.39, 0.29) is 16.6 Å². The zero-order valence-corrected chi connectivity index (χ0v) is 21.4. The lowest BCUT2D eigenvalue weighted by Gasteiger charge is -2.59. The summed E-state index contributed by atoms with van der Waals surface area (Å²) in [5.74, 6) is 1.54. The Labute approximate surface area is 193 Å². The SMILES string of the molecule is C[C@]12CCC3(CC1=CC[C@@H]1[C@@H]2CC[C@@]2(C)[C@H]1CC[C@@]2(C#N)O[Si](C)(C)CCl)OCCO3. The van der Waals surface area contributed by atoms with Crippen molar-refractivity contribution in [2.75, 3.05) is 18.7 Å². The van der Waals surface area contributed by atoms with Crippen LogP contribution in [0, 0.1) is 39.9 Å². The summed E-state index contributed by atoms with van der Waals surface area (Å²) in [6.45, 7) is 10.6. The first-order valence-electron chi connectivity index (χ1n) is 12.3. The number of nitriles is 1. The van der Waals surface area contributed by atoms with Crippen LogP contribution in [-0.4, -0.2) is 38.4 Å². The van der Waals surface area contributed by atoms with E-state index in [4.69, 9.17) is 25.5 Å². The van der Waals surface area contributed by atoms with Crippen molar-refractivity contribution in [1.29, 1.82) is 5.26 Å². The van der Waals surface area contributed by atoms with Crippen LogP contribution in [0.5, 0.6) is 0 Å². The highest BCUT2D eigenvalue weighted by molar-refractivity contribution is 6.77. The fourth-order valence-corrected chi connectivity index (χ4v) is 9.76. The Kier molecular flexibility index (Phi) is 5.28. The summed E-state index contributed by atoms with van der Waals surface area (Å²) < 4.78 is 18.9. The summed E-state index contributed by atoms with van der Waals surface area (Å²) in [6, 6.07) is 2.71. The molecule has 0 unspecified atom stereocenters. The van der Waals surface area contributed by atoms with Crippen molar-refractivity contribution in [1.82, 2.24) is 0 Å². The van der Waals surface area contributed by atoms with Crippen molar-refractivity contribution >= 4 is 19.9 Å². The lowest BCUT2D eigenvalue weighted by molar-refractivity contribution is -0.186. The third-order valence-electron chi connectivity index (χ3n) is 10.00. The highest BCUT2D eigenvalue weighted by atomic mass is 35.5. The quantitative estimate of drug-likeness (QED) is 0.294. The molecule has 0 N–H and O–H groups in total. The summed E-state index contributed by atoms with van der Waals surface area (Å²) in [4.78, 5) is 0. The van der Waals surface area contributed by atoms with Crippen LogP contribution < -0.4 is 0 Å². The van der Waals surface area contributed by atoms with Crippen LogP contribution in [0.15, 0.2) is 11.6 Å². The van der Waals surface area contributed by atoms with Crippen LogP contribution in [0.4, 0.5) is 0 Å². The Balaban J connectivity index is 1.44. The molecule has 0 aromatic carbocycles.